The Morgan fingerprint density at radius 1 is 0.689 bits per heavy atom. The molecule has 0 heterocycles. The van der Waals surface area contributed by atoms with Crippen molar-refractivity contribution in [3.8, 4) is 11.1 Å². The highest BCUT2D eigenvalue weighted by atomic mass is 16.6. The molecule has 0 aliphatic heterocycles. The number of nitrogens with one attached hydrogen (secondary N) is 1. The molecule has 1 atom stereocenters. The van der Waals surface area contributed by atoms with Crippen LogP contribution in [0.4, 0.5) is 4.79 Å². The van der Waals surface area contributed by atoms with E-state index in [9.17, 15) is 9.59 Å². The Kier molecular flexibility index (Phi) is 7.85. The van der Waals surface area contributed by atoms with E-state index in [1.165, 1.54) is 49.0 Å². The van der Waals surface area contributed by atoms with Crippen molar-refractivity contribution in [1.29, 1.82) is 0 Å². The molecule has 226 valence electrons. The molecular formula is C40H37NO4. The molecule has 0 bridgehead atoms. The van der Waals surface area contributed by atoms with Crippen LogP contribution in [0.25, 0.3) is 43.4 Å². The first-order valence-electron chi connectivity index (χ1n) is 15.9. The van der Waals surface area contributed by atoms with Crippen molar-refractivity contribution < 1.29 is 19.1 Å². The molecule has 5 heteroatoms. The van der Waals surface area contributed by atoms with Crippen molar-refractivity contribution >= 4 is 44.4 Å². The second-order valence-electron chi connectivity index (χ2n) is 12.4. The van der Waals surface area contributed by atoms with E-state index in [1.807, 2.05) is 38.1 Å². The molecule has 0 saturated heterocycles. The van der Waals surface area contributed by atoms with Gasteiger partial charge < -0.3 is 14.8 Å². The van der Waals surface area contributed by atoms with Gasteiger partial charge in [-0.1, -0.05) is 117 Å². The Hall–Kier alpha value is -4.90. The summed E-state index contributed by atoms with van der Waals surface area (Å²) in [7, 11) is 0. The number of amides is 1. The van der Waals surface area contributed by atoms with Gasteiger partial charge in [0.25, 0.3) is 0 Å². The second-order valence-corrected chi connectivity index (χ2v) is 12.4. The van der Waals surface area contributed by atoms with Gasteiger partial charge in [0, 0.05) is 5.92 Å². The van der Waals surface area contributed by atoms with E-state index in [0.717, 1.165) is 30.4 Å². The van der Waals surface area contributed by atoms with Crippen molar-refractivity contribution in [2.24, 2.45) is 5.92 Å². The zero-order valence-electron chi connectivity index (χ0n) is 25.7. The minimum absolute atomic E-state index is 0.0407. The molecule has 0 radical (unpaired) electrons. The fraction of sp³-hybridized carbons (Fsp3) is 0.250. The summed E-state index contributed by atoms with van der Waals surface area (Å²) in [6.45, 7) is 4.29. The predicted molar refractivity (Wildman–Crippen MR) is 181 cm³/mol. The van der Waals surface area contributed by atoms with Gasteiger partial charge in [0.2, 0.25) is 0 Å². The molecule has 0 spiro atoms. The van der Waals surface area contributed by atoms with Crippen LogP contribution in [0.3, 0.4) is 0 Å². The van der Waals surface area contributed by atoms with Gasteiger partial charge in [-0.25, -0.2) is 9.59 Å². The third-order valence-electron chi connectivity index (χ3n) is 9.24. The van der Waals surface area contributed by atoms with Gasteiger partial charge in [-0.05, 0) is 85.3 Å². The van der Waals surface area contributed by atoms with Crippen molar-refractivity contribution in [2.45, 2.75) is 45.1 Å². The van der Waals surface area contributed by atoms with Crippen LogP contribution >= 0.6 is 0 Å². The van der Waals surface area contributed by atoms with E-state index in [2.05, 4.69) is 84.2 Å². The van der Waals surface area contributed by atoms with Crippen molar-refractivity contribution in [2.75, 3.05) is 13.2 Å². The normalized spacial score (nSPS) is 13.3. The summed E-state index contributed by atoms with van der Waals surface area (Å²) < 4.78 is 11.3. The lowest BCUT2D eigenvalue weighted by molar-refractivity contribution is -0.147. The highest BCUT2D eigenvalue weighted by molar-refractivity contribution is 6.23. The van der Waals surface area contributed by atoms with Crippen LogP contribution < -0.4 is 5.32 Å². The number of esters is 1. The molecule has 6 aromatic rings. The lowest BCUT2D eigenvalue weighted by atomic mass is 9.91. The quantitative estimate of drug-likeness (QED) is 0.0975. The van der Waals surface area contributed by atoms with Crippen LogP contribution in [0.15, 0.2) is 103 Å². The predicted octanol–water partition coefficient (Wildman–Crippen LogP) is 9.01. The van der Waals surface area contributed by atoms with E-state index in [0.29, 0.717) is 6.61 Å². The molecule has 1 amide bonds. The smallest absolute Gasteiger partial charge is 0.407 e. The standard InChI is InChI=1S/C40H37NO4/c1-25(2)38(41-40(43)45-24-35-33-15-5-3-13-31(33)32-14-4-6-16-34(32)35)39(42)44-23-8-7-10-26-17-18-29-20-19-27-11-9-12-28-21-22-30(26)37(29)36(27)28/h3-6,9,11-22,25,35,38H,7-8,10,23-24H2,1-2H3,(H,41,43)/t38-/m0/s1. The van der Waals surface area contributed by atoms with Crippen LogP contribution in [0.5, 0.6) is 0 Å². The highest BCUT2D eigenvalue weighted by Gasteiger charge is 2.31. The number of carbonyl (C=O) groups excluding carboxylic acids is 2. The number of aryl methyl sites for hydroxylation is 1. The zero-order valence-corrected chi connectivity index (χ0v) is 25.7. The maximum absolute atomic E-state index is 13.0. The topological polar surface area (TPSA) is 64.6 Å². The van der Waals surface area contributed by atoms with Crippen LogP contribution in [0.1, 0.15) is 49.3 Å². The molecule has 5 nitrogen and oxygen atoms in total. The maximum atomic E-state index is 13.0. The number of hydrogen-bond donors (Lipinski definition) is 1. The van der Waals surface area contributed by atoms with Gasteiger partial charge in [-0.15, -0.1) is 0 Å². The summed E-state index contributed by atoms with van der Waals surface area (Å²) in [6, 6.07) is 35.4. The van der Waals surface area contributed by atoms with Gasteiger partial charge in [-0.2, -0.15) is 0 Å². The first-order chi connectivity index (χ1) is 22.0. The van der Waals surface area contributed by atoms with E-state index >= 15 is 0 Å². The Morgan fingerprint density at radius 3 is 2.00 bits per heavy atom. The van der Waals surface area contributed by atoms with Crippen LogP contribution in [-0.4, -0.2) is 31.3 Å². The number of rotatable bonds is 10. The summed E-state index contributed by atoms with van der Waals surface area (Å²) in [5.74, 6) is -0.614. The van der Waals surface area contributed by atoms with Gasteiger partial charge in [0.15, 0.2) is 0 Å². The molecule has 1 aliphatic carbocycles. The lowest BCUT2D eigenvalue weighted by Crippen LogP contribution is -2.45. The first-order valence-corrected chi connectivity index (χ1v) is 15.9. The largest absolute Gasteiger partial charge is 0.464 e. The van der Waals surface area contributed by atoms with Crippen molar-refractivity contribution in [3.63, 3.8) is 0 Å². The number of hydrogen-bond acceptors (Lipinski definition) is 4. The van der Waals surface area contributed by atoms with Crippen LogP contribution in [0.2, 0.25) is 0 Å². The van der Waals surface area contributed by atoms with Crippen molar-refractivity contribution in [1.82, 2.24) is 5.32 Å². The molecule has 0 aromatic heterocycles. The SMILES string of the molecule is CC(C)[C@H](NC(=O)OCC1c2ccccc2-c2ccccc21)C(=O)OCCCCc1ccc2ccc3cccc4ccc1c2c34. The minimum Gasteiger partial charge on any atom is -0.464 e. The van der Waals surface area contributed by atoms with Gasteiger partial charge >= 0.3 is 12.1 Å². The maximum Gasteiger partial charge on any atom is 0.407 e. The Labute approximate surface area is 263 Å². The number of ether oxygens (including phenoxy) is 2. The van der Waals surface area contributed by atoms with Gasteiger partial charge in [0.1, 0.15) is 12.6 Å². The van der Waals surface area contributed by atoms with E-state index in [4.69, 9.17) is 9.47 Å². The molecule has 6 aromatic carbocycles. The average Bonchev–Trinajstić information content (AvgIpc) is 3.38. The third kappa shape index (κ3) is 5.48. The summed E-state index contributed by atoms with van der Waals surface area (Å²) in [4.78, 5) is 25.9. The Morgan fingerprint density at radius 2 is 1.31 bits per heavy atom. The Balaban J connectivity index is 0.925. The third-order valence-corrected chi connectivity index (χ3v) is 9.24. The molecule has 0 fully saturated rings. The average molecular weight is 596 g/mol. The number of unbranched alkanes of at least 4 members (excludes halogenated alkanes) is 1. The summed E-state index contributed by atoms with van der Waals surface area (Å²) in [6.07, 6.45) is 1.92. The van der Waals surface area contributed by atoms with Gasteiger partial charge in [-0.3, -0.25) is 0 Å². The number of alkyl carbamates (subject to hydrolysis) is 1. The molecule has 0 unspecified atom stereocenters. The first kappa shape index (κ1) is 28.8. The zero-order chi connectivity index (χ0) is 30.9. The van der Waals surface area contributed by atoms with E-state index < -0.39 is 18.1 Å². The van der Waals surface area contributed by atoms with Crippen molar-refractivity contribution in [3.05, 3.63) is 120 Å². The number of fused-ring (bicyclic) bond motifs is 3. The summed E-state index contributed by atoms with van der Waals surface area (Å²) >= 11 is 0. The fourth-order valence-electron chi connectivity index (χ4n) is 6.96. The fourth-order valence-corrected chi connectivity index (χ4v) is 6.96. The highest BCUT2D eigenvalue weighted by Crippen LogP contribution is 2.44. The Bertz CT molecular complexity index is 1950. The monoisotopic (exact) mass is 595 g/mol. The molecular weight excluding hydrogens is 558 g/mol. The summed E-state index contributed by atoms with van der Waals surface area (Å²) in [5, 5.41) is 10.5. The van der Waals surface area contributed by atoms with Gasteiger partial charge in [0.05, 0.1) is 6.61 Å². The van der Waals surface area contributed by atoms with E-state index in [1.54, 1.807) is 0 Å². The number of benzene rings is 6. The second kappa shape index (κ2) is 12.2. The van der Waals surface area contributed by atoms with Crippen LogP contribution in [-0.2, 0) is 20.7 Å². The summed E-state index contributed by atoms with van der Waals surface area (Å²) in [5.41, 5.74) is 5.95. The minimum atomic E-state index is -0.779. The van der Waals surface area contributed by atoms with Crippen LogP contribution in [0, 0.1) is 5.92 Å². The van der Waals surface area contributed by atoms with E-state index in [-0.39, 0.29) is 18.4 Å². The lowest BCUT2D eigenvalue weighted by Gasteiger charge is -2.21. The molecule has 45 heavy (non-hydrogen) atoms. The molecule has 7 rings (SSSR count). The molecule has 1 aliphatic rings. The number of carbonyl (C=O) groups is 2. The molecule has 1 N–H and O–H groups in total. The molecule has 0 saturated carbocycles.